The molecular formula is C13H23NO6S. The molecule has 1 aliphatic heterocycles. The Morgan fingerprint density at radius 3 is 2.05 bits per heavy atom. The van der Waals surface area contributed by atoms with Crippen molar-refractivity contribution in [2.45, 2.75) is 39.2 Å². The number of amides is 1. The maximum Gasteiger partial charge on any atom is 0.410 e. The number of aliphatic carboxylic acids is 1. The van der Waals surface area contributed by atoms with Crippen molar-refractivity contribution in [3.8, 4) is 0 Å². The van der Waals surface area contributed by atoms with Gasteiger partial charge in [-0.15, -0.1) is 0 Å². The van der Waals surface area contributed by atoms with E-state index in [1.165, 1.54) is 4.90 Å². The van der Waals surface area contributed by atoms with Crippen LogP contribution in [-0.2, 0) is 19.4 Å². The van der Waals surface area contributed by atoms with E-state index in [2.05, 4.69) is 0 Å². The molecular weight excluding hydrogens is 298 g/mol. The molecule has 1 aliphatic rings. The third kappa shape index (κ3) is 5.18. The van der Waals surface area contributed by atoms with E-state index in [1.807, 2.05) is 0 Å². The number of nitrogens with zero attached hydrogens (tertiary/aromatic N) is 1. The number of sulfone groups is 1. The van der Waals surface area contributed by atoms with Gasteiger partial charge in [0.05, 0.1) is 11.2 Å². The summed E-state index contributed by atoms with van der Waals surface area (Å²) in [6, 6.07) is 0. The summed E-state index contributed by atoms with van der Waals surface area (Å²) >= 11 is 0. The number of ether oxygens (including phenoxy) is 1. The van der Waals surface area contributed by atoms with Crippen LogP contribution in [0.15, 0.2) is 0 Å². The number of rotatable bonds is 3. The molecule has 1 N–H and O–H groups in total. The lowest BCUT2D eigenvalue weighted by Gasteiger charge is -2.38. The molecule has 1 saturated heterocycles. The van der Waals surface area contributed by atoms with Crippen LogP contribution < -0.4 is 0 Å². The molecule has 21 heavy (non-hydrogen) atoms. The summed E-state index contributed by atoms with van der Waals surface area (Å²) < 4.78 is 28.1. The van der Waals surface area contributed by atoms with Crippen LogP contribution in [0.2, 0.25) is 0 Å². The Kier molecular flexibility index (Phi) is 4.92. The highest BCUT2D eigenvalue weighted by Crippen LogP contribution is 2.34. The van der Waals surface area contributed by atoms with Gasteiger partial charge in [-0.1, -0.05) is 0 Å². The van der Waals surface area contributed by atoms with E-state index < -0.39 is 38.7 Å². The van der Waals surface area contributed by atoms with Gasteiger partial charge >= 0.3 is 12.1 Å². The molecule has 0 bridgehead atoms. The van der Waals surface area contributed by atoms with Crippen molar-refractivity contribution in [3.63, 3.8) is 0 Å². The molecule has 0 aromatic heterocycles. The Balaban J connectivity index is 2.76. The maximum atomic E-state index is 11.9. The number of carboxylic acids is 1. The minimum Gasteiger partial charge on any atom is -0.481 e. The van der Waals surface area contributed by atoms with Gasteiger partial charge in [0.15, 0.2) is 0 Å². The first-order chi connectivity index (χ1) is 9.35. The standard InChI is InChI=1S/C13H23NO6S/c1-12(2,3)20-11(17)14-7-5-13(6-8-14,10(15)16)9-21(4,18)19/h5-9H2,1-4H3,(H,15,16). The van der Waals surface area contributed by atoms with Crippen molar-refractivity contribution >= 4 is 21.9 Å². The zero-order chi connectivity index (χ0) is 16.5. The van der Waals surface area contributed by atoms with Crippen LogP contribution in [0.3, 0.4) is 0 Å². The maximum absolute atomic E-state index is 11.9. The second-order valence-corrected chi connectivity index (χ2v) is 8.76. The molecule has 1 rings (SSSR count). The third-order valence-corrected chi connectivity index (χ3v) is 4.44. The van der Waals surface area contributed by atoms with Gasteiger partial charge < -0.3 is 14.7 Å². The van der Waals surface area contributed by atoms with Gasteiger partial charge in [0.2, 0.25) is 0 Å². The molecule has 0 aliphatic carbocycles. The summed E-state index contributed by atoms with van der Waals surface area (Å²) in [7, 11) is -3.41. The second kappa shape index (κ2) is 5.82. The van der Waals surface area contributed by atoms with E-state index in [0.29, 0.717) is 0 Å². The Labute approximate surface area is 125 Å². The summed E-state index contributed by atoms with van der Waals surface area (Å²) in [6.07, 6.45) is 0.738. The molecule has 122 valence electrons. The Morgan fingerprint density at radius 1 is 1.24 bits per heavy atom. The average Bonchev–Trinajstić information content (AvgIpc) is 2.24. The van der Waals surface area contributed by atoms with Crippen molar-refractivity contribution in [3.05, 3.63) is 0 Å². The third-order valence-electron chi connectivity index (χ3n) is 3.36. The van der Waals surface area contributed by atoms with Crippen molar-refractivity contribution in [2.75, 3.05) is 25.1 Å². The second-order valence-electron chi connectivity index (χ2n) is 6.62. The summed E-state index contributed by atoms with van der Waals surface area (Å²) in [6.45, 7) is 5.60. The molecule has 8 heteroatoms. The fraction of sp³-hybridized carbons (Fsp3) is 0.846. The van der Waals surface area contributed by atoms with Crippen LogP contribution in [-0.4, -0.2) is 61.2 Å². The summed E-state index contributed by atoms with van der Waals surface area (Å²) in [5, 5.41) is 9.36. The van der Waals surface area contributed by atoms with E-state index in [-0.39, 0.29) is 25.9 Å². The first kappa shape index (κ1) is 17.7. The molecule has 1 heterocycles. The smallest absolute Gasteiger partial charge is 0.410 e. The average molecular weight is 321 g/mol. The first-order valence-electron chi connectivity index (χ1n) is 6.74. The number of carbonyl (C=O) groups excluding carboxylic acids is 1. The van der Waals surface area contributed by atoms with E-state index in [4.69, 9.17) is 4.74 Å². The van der Waals surface area contributed by atoms with Crippen LogP contribution in [0.25, 0.3) is 0 Å². The zero-order valence-corrected chi connectivity index (χ0v) is 13.7. The Morgan fingerprint density at radius 2 is 1.71 bits per heavy atom. The van der Waals surface area contributed by atoms with Gasteiger partial charge in [0.1, 0.15) is 15.4 Å². The SMILES string of the molecule is CC(C)(C)OC(=O)N1CCC(CS(C)(=O)=O)(C(=O)O)CC1. The molecule has 1 amide bonds. The summed E-state index contributed by atoms with van der Waals surface area (Å²) in [5.74, 6) is -1.53. The van der Waals surface area contributed by atoms with Crippen molar-refractivity contribution in [1.29, 1.82) is 0 Å². The van der Waals surface area contributed by atoms with E-state index in [1.54, 1.807) is 20.8 Å². The molecule has 0 aromatic carbocycles. The minimum atomic E-state index is -3.41. The molecule has 0 aromatic rings. The van der Waals surface area contributed by atoms with Crippen molar-refractivity contribution in [2.24, 2.45) is 5.41 Å². The van der Waals surface area contributed by atoms with Crippen LogP contribution in [0.1, 0.15) is 33.6 Å². The molecule has 0 radical (unpaired) electrons. The van der Waals surface area contributed by atoms with Crippen LogP contribution >= 0.6 is 0 Å². The Hall–Kier alpha value is -1.31. The molecule has 7 nitrogen and oxygen atoms in total. The molecule has 0 atom stereocenters. The van der Waals surface area contributed by atoms with Gasteiger partial charge in [-0.05, 0) is 33.6 Å². The van der Waals surface area contributed by atoms with E-state index in [9.17, 15) is 23.1 Å². The lowest BCUT2D eigenvalue weighted by molar-refractivity contribution is -0.150. The Bertz CT molecular complexity index is 511. The highest BCUT2D eigenvalue weighted by Gasteiger charge is 2.45. The minimum absolute atomic E-state index is 0.106. The first-order valence-corrected chi connectivity index (χ1v) is 8.80. The normalized spacial score (nSPS) is 19.1. The molecule has 0 saturated carbocycles. The quantitative estimate of drug-likeness (QED) is 0.836. The van der Waals surface area contributed by atoms with Gasteiger partial charge in [0, 0.05) is 19.3 Å². The number of piperidine rings is 1. The van der Waals surface area contributed by atoms with Gasteiger partial charge in [0.25, 0.3) is 0 Å². The fourth-order valence-electron chi connectivity index (χ4n) is 2.37. The van der Waals surface area contributed by atoms with Crippen LogP contribution in [0.4, 0.5) is 4.79 Å². The summed E-state index contributed by atoms with van der Waals surface area (Å²) in [5.41, 5.74) is -1.93. The lowest BCUT2D eigenvalue weighted by Crippen LogP contribution is -2.50. The topological polar surface area (TPSA) is 101 Å². The number of carbonyl (C=O) groups is 2. The summed E-state index contributed by atoms with van der Waals surface area (Å²) in [4.78, 5) is 24.8. The fourth-order valence-corrected chi connectivity index (χ4v) is 3.78. The van der Waals surface area contributed by atoms with Crippen LogP contribution in [0.5, 0.6) is 0 Å². The zero-order valence-electron chi connectivity index (χ0n) is 12.9. The van der Waals surface area contributed by atoms with E-state index in [0.717, 1.165) is 6.26 Å². The van der Waals surface area contributed by atoms with Gasteiger partial charge in [-0.3, -0.25) is 4.79 Å². The number of carboxylic acid groups (broad SMARTS) is 1. The molecule has 0 spiro atoms. The lowest BCUT2D eigenvalue weighted by atomic mass is 9.80. The highest BCUT2D eigenvalue weighted by atomic mass is 32.2. The predicted octanol–water partition coefficient (Wildman–Crippen LogP) is 1.13. The van der Waals surface area contributed by atoms with Crippen molar-refractivity contribution < 1.29 is 27.9 Å². The van der Waals surface area contributed by atoms with Crippen LogP contribution in [0, 0.1) is 5.41 Å². The highest BCUT2D eigenvalue weighted by molar-refractivity contribution is 7.90. The van der Waals surface area contributed by atoms with Gasteiger partial charge in [-0.2, -0.15) is 0 Å². The number of hydrogen-bond acceptors (Lipinski definition) is 5. The number of likely N-dealkylation sites (tertiary alicyclic amines) is 1. The molecule has 0 unspecified atom stereocenters. The van der Waals surface area contributed by atoms with E-state index >= 15 is 0 Å². The largest absolute Gasteiger partial charge is 0.481 e. The molecule has 1 fully saturated rings. The predicted molar refractivity (Wildman–Crippen MR) is 76.8 cm³/mol. The van der Waals surface area contributed by atoms with Gasteiger partial charge in [-0.25, -0.2) is 13.2 Å². The monoisotopic (exact) mass is 321 g/mol. The number of hydrogen-bond donors (Lipinski definition) is 1. The van der Waals surface area contributed by atoms with Crippen molar-refractivity contribution in [1.82, 2.24) is 4.90 Å².